The van der Waals surface area contributed by atoms with Crippen LogP contribution in [0.2, 0.25) is 0 Å². The molecule has 20 heavy (non-hydrogen) atoms. The lowest BCUT2D eigenvalue weighted by atomic mass is 9.93. The lowest BCUT2D eigenvalue weighted by Crippen LogP contribution is -2.38. The van der Waals surface area contributed by atoms with E-state index in [1.54, 1.807) is 0 Å². The molecule has 0 radical (unpaired) electrons. The van der Waals surface area contributed by atoms with Gasteiger partial charge in [-0.3, -0.25) is 4.79 Å². The minimum Gasteiger partial charge on any atom is -0.393 e. The van der Waals surface area contributed by atoms with Gasteiger partial charge in [0.1, 0.15) is 0 Å². The molecule has 1 aromatic rings. The minimum atomic E-state index is -0.190. The number of benzene rings is 1. The average Bonchev–Trinajstić information content (AvgIpc) is 2.44. The molecule has 0 bridgehead atoms. The average molecular weight is 276 g/mol. The molecule has 3 N–H and O–H groups in total. The maximum absolute atomic E-state index is 12.2. The Labute approximate surface area is 120 Å². The van der Waals surface area contributed by atoms with Crippen LogP contribution in [0.15, 0.2) is 18.2 Å². The minimum absolute atomic E-state index is 0.0162. The van der Waals surface area contributed by atoms with Crippen molar-refractivity contribution in [1.29, 1.82) is 0 Å². The van der Waals surface area contributed by atoms with Crippen molar-refractivity contribution in [3.05, 3.63) is 29.3 Å². The van der Waals surface area contributed by atoms with E-state index < -0.39 is 0 Å². The van der Waals surface area contributed by atoms with Crippen LogP contribution in [-0.2, 0) is 0 Å². The van der Waals surface area contributed by atoms with Crippen LogP contribution in [0.25, 0.3) is 0 Å². The zero-order chi connectivity index (χ0) is 14.5. The summed E-state index contributed by atoms with van der Waals surface area (Å²) < 4.78 is 0. The number of amides is 1. The number of anilines is 1. The molecule has 4 nitrogen and oxygen atoms in total. The summed E-state index contributed by atoms with van der Waals surface area (Å²) in [5, 5.41) is 15.8. The first-order valence-electron chi connectivity index (χ1n) is 7.43. The third-order valence-corrected chi connectivity index (χ3v) is 3.89. The molecule has 0 atom stereocenters. The monoisotopic (exact) mass is 276 g/mol. The van der Waals surface area contributed by atoms with Gasteiger partial charge in [0.2, 0.25) is 0 Å². The number of hydrogen-bond donors (Lipinski definition) is 3. The van der Waals surface area contributed by atoms with E-state index in [0.717, 1.165) is 43.5 Å². The number of aryl methyl sites for hydroxylation is 1. The van der Waals surface area contributed by atoms with E-state index in [9.17, 15) is 9.90 Å². The van der Waals surface area contributed by atoms with Crippen LogP contribution in [0.4, 0.5) is 5.69 Å². The number of nitrogens with one attached hydrogen (secondary N) is 2. The second-order valence-corrected chi connectivity index (χ2v) is 5.54. The molecule has 0 unspecified atom stereocenters. The van der Waals surface area contributed by atoms with Crippen LogP contribution >= 0.6 is 0 Å². The largest absolute Gasteiger partial charge is 0.393 e. The Hall–Kier alpha value is -1.55. The van der Waals surface area contributed by atoms with Crippen molar-refractivity contribution in [1.82, 2.24) is 5.32 Å². The first-order chi connectivity index (χ1) is 9.60. The summed E-state index contributed by atoms with van der Waals surface area (Å²) in [6.45, 7) is 4.93. The molecule has 1 amide bonds. The lowest BCUT2D eigenvalue weighted by Gasteiger charge is -2.26. The van der Waals surface area contributed by atoms with Gasteiger partial charge in [0.15, 0.2) is 0 Å². The Kier molecular flexibility index (Phi) is 5.01. The number of rotatable bonds is 4. The number of aliphatic hydroxyl groups excluding tert-OH is 1. The van der Waals surface area contributed by atoms with Gasteiger partial charge in [0.05, 0.1) is 6.10 Å². The maximum Gasteiger partial charge on any atom is 0.251 e. The number of carbonyl (C=O) groups excluding carboxylic acids is 1. The molecule has 1 aromatic carbocycles. The standard InChI is InChI=1S/C16H24N2O2/c1-3-17-15-9-4-12(10-11(15)2)16(20)18-13-5-7-14(19)8-6-13/h4,9-10,13-14,17,19H,3,5-8H2,1-2H3,(H,18,20). The highest BCUT2D eigenvalue weighted by molar-refractivity contribution is 5.95. The molecule has 0 aromatic heterocycles. The number of hydrogen-bond acceptors (Lipinski definition) is 3. The Balaban J connectivity index is 1.97. The SMILES string of the molecule is CCNc1ccc(C(=O)NC2CCC(O)CC2)cc1C. The summed E-state index contributed by atoms with van der Waals surface area (Å²) in [6, 6.07) is 5.93. The first-order valence-corrected chi connectivity index (χ1v) is 7.43. The number of carbonyl (C=O) groups is 1. The van der Waals surface area contributed by atoms with Crippen molar-refractivity contribution in [3.63, 3.8) is 0 Å². The van der Waals surface area contributed by atoms with Gasteiger partial charge in [-0.25, -0.2) is 0 Å². The van der Waals surface area contributed by atoms with Crippen LogP contribution in [-0.4, -0.2) is 29.7 Å². The van der Waals surface area contributed by atoms with E-state index >= 15 is 0 Å². The molecule has 110 valence electrons. The topological polar surface area (TPSA) is 61.4 Å². The van der Waals surface area contributed by atoms with Crippen LogP contribution in [0, 0.1) is 6.92 Å². The van der Waals surface area contributed by atoms with E-state index in [1.165, 1.54) is 0 Å². The van der Waals surface area contributed by atoms with Gasteiger partial charge in [-0.05, 0) is 63.3 Å². The highest BCUT2D eigenvalue weighted by atomic mass is 16.3. The lowest BCUT2D eigenvalue weighted by molar-refractivity contribution is 0.0867. The summed E-state index contributed by atoms with van der Waals surface area (Å²) in [6.07, 6.45) is 3.10. The molecule has 0 heterocycles. The van der Waals surface area contributed by atoms with E-state index in [0.29, 0.717) is 5.56 Å². The normalized spacial score (nSPS) is 22.4. The van der Waals surface area contributed by atoms with Crippen molar-refractivity contribution in [3.8, 4) is 0 Å². The Morgan fingerprint density at radius 3 is 2.60 bits per heavy atom. The molecule has 0 aliphatic heterocycles. The highest BCUT2D eigenvalue weighted by Gasteiger charge is 2.21. The zero-order valence-electron chi connectivity index (χ0n) is 12.3. The summed E-state index contributed by atoms with van der Waals surface area (Å²) in [5.41, 5.74) is 2.86. The van der Waals surface area contributed by atoms with Crippen molar-refractivity contribution in [2.75, 3.05) is 11.9 Å². The molecule has 0 saturated heterocycles. The molecule has 1 aliphatic carbocycles. The smallest absolute Gasteiger partial charge is 0.251 e. The van der Waals surface area contributed by atoms with Crippen LogP contribution < -0.4 is 10.6 Å². The molecular weight excluding hydrogens is 252 g/mol. The third kappa shape index (κ3) is 3.73. The molecule has 1 aliphatic rings. The molecule has 2 rings (SSSR count). The van der Waals surface area contributed by atoms with Crippen molar-refractivity contribution in [2.24, 2.45) is 0 Å². The molecule has 0 spiro atoms. The maximum atomic E-state index is 12.2. The second kappa shape index (κ2) is 6.75. The summed E-state index contributed by atoms with van der Waals surface area (Å²) >= 11 is 0. The Morgan fingerprint density at radius 2 is 2.00 bits per heavy atom. The van der Waals surface area contributed by atoms with Gasteiger partial charge < -0.3 is 15.7 Å². The summed E-state index contributed by atoms with van der Waals surface area (Å²) in [7, 11) is 0. The van der Waals surface area contributed by atoms with Crippen LogP contribution in [0.5, 0.6) is 0 Å². The molecule has 1 fully saturated rings. The van der Waals surface area contributed by atoms with Gasteiger partial charge in [0.25, 0.3) is 5.91 Å². The van der Waals surface area contributed by atoms with Gasteiger partial charge in [-0.15, -0.1) is 0 Å². The molecule has 1 saturated carbocycles. The van der Waals surface area contributed by atoms with E-state index in [-0.39, 0.29) is 18.1 Å². The van der Waals surface area contributed by atoms with Gasteiger partial charge in [-0.1, -0.05) is 0 Å². The van der Waals surface area contributed by atoms with Crippen molar-refractivity contribution < 1.29 is 9.90 Å². The second-order valence-electron chi connectivity index (χ2n) is 5.54. The summed E-state index contributed by atoms with van der Waals surface area (Å²) in [5.74, 6) is -0.0162. The Bertz CT molecular complexity index is 466. The van der Waals surface area contributed by atoms with Crippen LogP contribution in [0.3, 0.4) is 0 Å². The van der Waals surface area contributed by atoms with Gasteiger partial charge in [0, 0.05) is 23.8 Å². The van der Waals surface area contributed by atoms with Gasteiger partial charge in [-0.2, -0.15) is 0 Å². The quantitative estimate of drug-likeness (QED) is 0.791. The first kappa shape index (κ1) is 14.9. The predicted molar refractivity (Wildman–Crippen MR) is 81.1 cm³/mol. The number of aliphatic hydroxyl groups is 1. The zero-order valence-corrected chi connectivity index (χ0v) is 12.3. The molecule has 4 heteroatoms. The molecular formula is C16H24N2O2. The van der Waals surface area contributed by atoms with Crippen LogP contribution in [0.1, 0.15) is 48.5 Å². The van der Waals surface area contributed by atoms with Gasteiger partial charge >= 0.3 is 0 Å². The predicted octanol–water partition coefficient (Wildman–Crippen LogP) is 2.46. The fraction of sp³-hybridized carbons (Fsp3) is 0.562. The van der Waals surface area contributed by atoms with Crippen molar-refractivity contribution in [2.45, 2.75) is 51.7 Å². The van der Waals surface area contributed by atoms with Crippen molar-refractivity contribution >= 4 is 11.6 Å². The fourth-order valence-corrected chi connectivity index (χ4v) is 2.68. The van der Waals surface area contributed by atoms with E-state index in [1.807, 2.05) is 25.1 Å². The fourth-order valence-electron chi connectivity index (χ4n) is 2.68. The summed E-state index contributed by atoms with van der Waals surface area (Å²) in [4.78, 5) is 12.2. The highest BCUT2D eigenvalue weighted by Crippen LogP contribution is 2.20. The Morgan fingerprint density at radius 1 is 1.30 bits per heavy atom. The third-order valence-electron chi connectivity index (χ3n) is 3.89. The van der Waals surface area contributed by atoms with E-state index in [2.05, 4.69) is 17.6 Å². The van der Waals surface area contributed by atoms with E-state index in [4.69, 9.17) is 0 Å².